The first-order valence-corrected chi connectivity index (χ1v) is 6.14. The minimum Gasteiger partial charge on any atom is -0.330 e. The molecule has 0 spiro atoms. The molecule has 80 valence electrons. The van der Waals surface area contributed by atoms with Gasteiger partial charge in [0.1, 0.15) is 0 Å². The Balaban J connectivity index is 2.66. The second-order valence-electron chi connectivity index (χ2n) is 4.12. The van der Waals surface area contributed by atoms with Crippen molar-refractivity contribution in [3.63, 3.8) is 0 Å². The van der Waals surface area contributed by atoms with Crippen LogP contribution < -0.4 is 5.73 Å². The number of rotatable bonds is 2. The first-order chi connectivity index (χ1) is 7.13. The largest absolute Gasteiger partial charge is 0.330 e. The molecule has 0 amide bonds. The summed E-state index contributed by atoms with van der Waals surface area (Å²) in [5.41, 5.74) is 9.79. The zero-order chi connectivity index (χ0) is 11.0. The van der Waals surface area contributed by atoms with Gasteiger partial charge in [-0.25, -0.2) is 0 Å². The Hall–Kier alpha value is -0.860. The molecule has 0 unspecified atom stereocenters. The second-order valence-corrected chi connectivity index (χ2v) is 5.26. The monoisotopic (exact) mass is 219 g/mol. The minimum atomic E-state index is 0.742. The lowest BCUT2D eigenvalue weighted by atomic mass is 10.0. The first kappa shape index (κ1) is 10.7. The molecule has 1 nitrogen and oxygen atoms in total. The smallest absolute Gasteiger partial charge is 0.0351 e. The van der Waals surface area contributed by atoms with Gasteiger partial charge in [-0.1, -0.05) is 6.07 Å². The molecule has 0 saturated heterocycles. The van der Waals surface area contributed by atoms with Crippen molar-refractivity contribution in [2.24, 2.45) is 5.73 Å². The van der Waals surface area contributed by atoms with Gasteiger partial charge in [0.25, 0.3) is 0 Å². The molecule has 2 rings (SSSR count). The van der Waals surface area contributed by atoms with E-state index in [9.17, 15) is 0 Å². The lowest BCUT2D eigenvalue weighted by Crippen LogP contribution is -2.01. The van der Waals surface area contributed by atoms with Gasteiger partial charge in [-0.3, -0.25) is 0 Å². The van der Waals surface area contributed by atoms with E-state index in [4.69, 9.17) is 5.73 Å². The number of hydrogen-bond donors (Lipinski definition) is 1. The fraction of sp³-hybridized carbons (Fsp3) is 0.385. The second kappa shape index (κ2) is 3.95. The van der Waals surface area contributed by atoms with Crippen molar-refractivity contribution in [1.82, 2.24) is 0 Å². The molecule has 1 aromatic carbocycles. The van der Waals surface area contributed by atoms with Crippen LogP contribution in [0.4, 0.5) is 0 Å². The minimum absolute atomic E-state index is 0.742. The highest BCUT2D eigenvalue weighted by atomic mass is 32.1. The Morgan fingerprint density at radius 1 is 1.13 bits per heavy atom. The highest BCUT2D eigenvalue weighted by molar-refractivity contribution is 7.19. The zero-order valence-corrected chi connectivity index (χ0v) is 10.4. The van der Waals surface area contributed by atoms with Crippen LogP contribution in [0.25, 0.3) is 10.1 Å². The molecule has 2 aromatic rings. The lowest BCUT2D eigenvalue weighted by Gasteiger charge is -2.00. The van der Waals surface area contributed by atoms with Crippen molar-refractivity contribution >= 4 is 21.4 Å². The van der Waals surface area contributed by atoms with Gasteiger partial charge in [-0.2, -0.15) is 0 Å². The fourth-order valence-electron chi connectivity index (χ4n) is 1.90. The van der Waals surface area contributed by atoms with Crippen molar-refractivity contribution in [3.05, 3.63) is 33.7 Å². The molecular weight excluding hydrogens is 202 g/mol. The van der Waals surface area contributed by atoms with Gasteiger partial charge in [0, 0.05) is 9.58 Å². The number of benzene rings is 1. The predicted octanol–water partition coefficient (Wildman–Crippen LogP) is 3.33. The van der Waals surface area contributed by atoms with Crippen LogP contribution in [0.2, 0.25) is 0 Å². The molecule has 0 atom stereocenters. The average molecular weight is 219 g/mol. The van der Waals surface area contributed by atoms with Gasteiger partial charge >= 0.3 is 0 Å². The summed E-state index contributed by atoms with van der Waals surface area (Å²) in [5.74, 6) is 0. The molecule has 1 heterocycles. The number of thiophene rings is 1. The summed E-state index contributed by atoms with van der Waals surface area (Å²) < 4.78 is 1.40. The van der Waals surface area contributed by atoms with Gasteiger partial charge in [0.2, 0.25) is 0 Å². The van der Waals surface area contributed by atoms with Gasteiger partial charge < -0.3 is 5.73 Å². The Bertz CT molecular complexity index is 497. The molecule has 15 heavy (non-hydrogen) atoms. The van der Waals surface area contributed by atoms with Crippen LogP contribution in [-0.4, -0.2) is 6.54 Å². The number of fused-ring (bicyclic) bond motifs is 1. The van der Waals surface area contributed by atoms with Crippen LogP contribution in [0, 0.1) is 20.8 Å². The van der Waals surface area contributed by atoms with E-state index in [1.165, 1.54) is 31.7 Å². The standard InChI is InChI=1S/C13H17NS/c1-8-6-11-10(3)12(4-5-14)15-13(11)7-9(8)2/h6-7H,4-5,14H2,1-3H3. The number of hydrogen-bond acceptors (Lipinski definition) is 2. The summed E-state index contributed by atoms with van der Waals surface area (Å²) in [6, 6.07) is 4.60. The molecular formula is C13H17NS. The van der Waals surface area contributed by atoms with Gasteiger partial charge in [0.05, 0.1) is 0 Å². The van der Waals surface area contributed by atoms with E-state index < -0.39 is 0 Å². The molecule has 0 radical (unpaired) electrons. The maximum absolute atomic E-state index is 5.62. The van der Waals surface area contributed by atoms with Crippen LogP contribution in [0.1, 0.15) is 21.6 Å². The van der Waals surface area contributed by atoms with Crippen LogP contribution in [-0.2, 0) is 6.42 Å². The highest BCUT2D eigenvalue weighted by Crippen LogP contribution is 2.32. The lowest BCUT2D eigenvalue weighted by molar-refractivity contribution is 0.981. The van der Waals surface area contributed by atoms with Gasteiger partial charge in [-0.15, -0.1) is 11.3 Å². The Morgan fingerprint density at radius 3 is 2.47 bits per heavy atom. The quantitative estimate of drug-likeness (QED) is 0.823. The van der Waals surface area contributed by atoms with Crippen LogP contribution in [0.5, 0.6) is 0 Å². The molecule has 2 N–H and O–H groups in total. The third-order valence-electron chi connectivity index (χ3n) is 3.02. The van der Waals surface area contributed by atoms with Crippen molar-refractivity contribution in [2.75, 3.05) is 6.54 Å². The van der Waals surface area contributed by atoms with E-state index in [-0.39, 0.29) is 0 Å². The predicted molar refractivity (Wildman–Crippen MR) is 68.8 cm³/mol. The molecule has 0 saturated carbocycles. The van der Waals surface area contributed by atoms with E-state index in [1.807, 2.05) is 11.3 Å². The molecule has 0 aliphatic heterocycles. The summed E-state index contributed by atoms with van der Waals surface area (Å²) in [4.78, 5) is 1.44. The molecule has 0 bridgehead atoms. The van der Waals surface area contributed by atoms with Gasteiger partial charge in [0.15, 0.2) is 0 Å². The summed E-state index contributed by atoms with van der Waals surface area (Å²) in [6.45, 7) is 7.30. The highest BCUT2D eigenvalue weighted by Gasteiger charge is 2.08. The summed E-state index contributed by atoms with van der Waals surface area (Å²) >= 11 is 1.89. The Morgan fingerprint density at radius 2 is 1.80 bits per heavy atom. The summed E-state index contributed by atoms with van der Waals surface area (Å²) in [7, 11) is 0. The van der Waals surface area contributed by atoms with Crippen LogP contribution in [0.3, 0.4) is 0 Å². The van der Waals surface area contributed by atoms with Crippen molar-refractivity contribution < 1.29 is 0 Å². The summed E-state index contributed by atoms with van der Waals surface area (Å²) in [6.07, 6.45) is 1.00. The van der Waals surface area contributed by atoms with Crippen LogP contribution in [0.15, 0.2) is 12.1 Å². The third-order valence-corrected chi connectivity index (χ3v) is 4.34. The maximum atomic E-state index is 5.62. The number of nitrogens with two attached hydrogens (primary N) is 1. The normalized spacial score (nSPS) is 11.2. The zero-order valence-electron chi connectivity index (χ0n) is 9.55. The Labute approximate surface area is 94.9 Å². The molecule has 0 aliphatic carbocycles. The fourth-order valence-corrected chi connectivity index (χ4v) is 3.20. The molecule has 0 aliphatic rings. The molecule has 0 fully saturated rings. The van der Waals surface area contributed by atoms with Crippen LogP contribution >= 0.6 is 11.3 Å². The summed E-state index contributed by atoms with van der Waals surface area (Å²) in [5, 5.41) is 1.41. The van der Waals surface area contributed by atoms with E-state index in [2.05, 4.69) is 32.9 Å². The maximum Gasteiger partial charge on any atom is 0.0351 e. The van der Waals surface area contributed by atoms with E-state index in [0.717, 1.165) is 13.0 Å². The van der Waals surface area contributed by atoms with E-state index in [0.29, 0.717) is 0 Å². The SMILES string of the molecule is Cc1cc2sc(CCN)c(C)c2cc1C. The topological polar surface area (TPSA) is 26.0 Å². The Kier molecular flexibility index (Phi) is 2.81. The van der Waals surface area contributed by atoms with Crippen molar-refractivity contribution in [2.45, 2.75) is 27.2 Å². The van der Waals surface area contributed by atoms with E-state index >= 15 is 0 Å². The third kappa shape index (κ3) is 1.80. The average Bonchev–Trinajstić information content (AvgIpc) is 2.47. The van der Waals surface area contributed by atoms with Crippen molar-refractivity contribution in [3.8, 4) is 0 Å². The first-order valence-electron chi connectivity index (χ1n) is 5.32. The molecule has 1 aromatic heterocycles. The number of aryl methyl sites for hydroxylation is 3. The molecule has 2 heteroatoms. The van der Waals surface area contributed by atoms with Crippen molar-refractivity contribution in [1.29, 1.82) is 0 Å². The van der Waals surface area contributed by atoms with E-state index in [1.54, 1.807) is 0 Å². The van der Waals surface area contributed by atoms with Gasteiger partial charge in [-0.05, 0) is 61.9 Å².